The lowest BCUT2D eigenvalue weighted by atomic mass is 10.2. The number of aromatic nitrogens is 1. The summed E-state index contributed by atoms with van der Waals surface area (Å²) in [6, 6.07) is 3.85. The number of hydrogen-bond donors (Lipinski definition) is 3. The second kappa shape index (κ2) is 7.66. The Labute approximate surface area is 108 Å². The van der Waals surface area contributed by atoms with Crippen LogP contribution in [-0.2, 0) is 0 Å². The third-order valence-corrected chi connectivity index (χ3v) is 2.50. The molecule has 1 heterocycles. The van der Waals surface area contributed by atoms with Crippen molar-refractivity contribution < 1.29 is 4.79 Å². The van der Waals surface area contributed by atoms with Gasteiger partial charge in [0.2, 0.25) is 0 Å². The number of anilines is 1. The molecule has 1 rings (SSSR count). The maximum atomic E-state index is 11.6. The predicted molar refractivity (Wildman–Crippen MR) is 73.6 cm³/mol. The van der Waals surface area contributed by atoms with Crippen LogP contribution in [0.2, 0.25) is 0 Å². The van der Waals surface area contributed by atoms with Gasteiger partial charge in [0.1, 0.15) is 5.69 Å². The molecule has 0 saturated carbocycles. The summed E-state index contributed by atoms with van der Waals surface area (Å²) in [6.07, 6.45) is 3.64. The minimum Gasteiger partial charge on any atom is -0.385 e. The molecule has 0 aliphatic heterocycles. The molecule has 100 valence electrons. The van der Waals surface area contributed by atoms with Crippen LogP contribution in [0, 0.1) is 0 Å². The second-order valence-electron chi connectivity index (χ2n) is 4.34. The molecule has 0 fully saturated rings. The van der Waals surface area contributed by atoms with Crippen molar-refractivity contribution in [2.24, 2.45) is 5.73 Å². The van der Waals surface area contributed by atoms with Crippen molar-refractivity contribution in [3.8, 4) is 0 Å². The molecular formula is C13H22N4O. The highest BCUT2D eigenvalue weighted by Gasteiger charge is 2.05. The summed E-state index contributed by atoms with van der Waals surface area (Å²) in [7, 11) is 0. The minimum atomic E-state index is -0.142. The highest BCUT2D eigenvalue weighted by molar-refractivity contribution is 5.93. The van der Waals surface area contributed by atoms with Gasteiger partial charge in [-0.1, -0.05) is 0 Å². The average molecular weight is 250 g/mol. The van der Waals surface area contributed by atoms with E-state index in [4.69, 9.17) is 5.73 Å². The number of carbonyl (C=O) groups is 1. The van der Waals surface area contributed by atoms with Gasteiger partial charge >= 0.3 is 0 Å². The molecule has 1 amide bonds. The Morgan fingerprint density at radius 3 is 3.00 bits per heavy atom. The standard InChI is InChI=1S/C13H22N4O/c1-3-15-13(18)12-9-11(6-8-17-12)16-7-4-5-10(2)14/h6,8-10H,3-5,7,14H2,1-2H3,(H,15,18)(H,16,17). The van der Waals surface area contributed by atoms with E-state index in [1.165, 1.54) is 0 Å². The molecule has 4 N–H and O–H groups in total. The Hall–Kier alpha value is -1.62. The summed E-state index contributed by atoms with van der Waals surface area (Å²) in [4.78, 5) is 15.6. The maximum absolute atomic E-state index is 11.6. The summed E-state index contributed by atoms with van der Waals surface area (Å²) in [5.74, 6) is -0.142. The molecule has 1 aromatic rings. The number of pyridine rings is 1. The molecule has 0 saturated heterocycles. The highest BCUT2D eigenvalue weighted by Crippen LogP contribution is 2.08. The molecule has 1 atom stereocenters. The van der Waals surface area contributed by atoms with Gasteiger partial charge in [-0.05, 0) is 38.8 Å². The van der Waals surface area contributed by atoms with Crippen molar-refractivity contribution in [2.45, 2.75) is 32.7 Å². The van der Waals surface area contributed by atoms with E-state index < -0.39 is 0 Å². The lowest BCUT2D eigenvalue weighted by molar-refractivity contribution is 0.0951. The molecule has 0 aromatic carbocycles. The summed E-state index contributed by atoms with van der Waals surface area (Å²) in [5, 5.41) is 5.99. The van der Waals surface area contributed by atoms with Gasteiger partial charge in [0.15, 0.2) is 0 Å². The summed E-state index contributed by atoms with van der Waals surface area (Å²) >= 11 is 0. The van der Waals surface area contributed by atoms with E-state index in [1.807, 2.05) is 19.9 Å². The molecule has 0 aliphatic rings. The van der Waals surface area contributed by atoms with E-state index >= 15 is 0 Å². The van der Waals surface area contributed by atoms with E-state index in [-0.39, 0.29) is 11.9 Å². The molecule has 18 heavy (non-hydrogen) atoms. The van der Waals surface area contributed by atoms with Crippen LogP contribution in [0.15, 0.2) is 18.3 Å². The van der Waals surface area contributed by atoms with Crippen molar-refractivity contribution in [3.05, 3.63) is 24.0 Å². The number of amides is 1. The van der Waals surface area contributed by atoms with Gasteiger partial charge in [0.25, 0.3) is 5.91 Å². The van der Waals surface area contributed by atoms with Gasteiger partial charge in [-0.25, -0.2) is 0 Å². The molecule has 5 nitrogen and oxygen atoms in total. The van der Waals surface area contributed by atoms with E-state index in [2.05, 4.69) is 15.6 Å². The van der Waals surface area contributed by atoms with Crippen LogP contribution in [0.25, 0.3) is 0 Å². The van der Waals surface area contributed by atoms with Crippen LogP contribution in [0.4, 0.5) is 5.69 Å². The maximum Gasteiger partial charge on any atom is 0.269 e. The van der Waals surface area contributed by atoms with Crippen LogP contribution in [0.5, 0.6) is 0 Å². The fraction of sp³-hybridized carbons (Fsp3) is 0.538. The zero-order chi connectivity index (χ0) is 13.4. The van der Waals surface area contributed by atoms with Crippen LogP contribution >= 0.6 is 0 Å². The number of nitrogens with one attached hydrogen (secondary N) is 2. The van der Waals surface area contributed by atoms with Gasteiger partial charge in [0.05, 0.1) is 0 Å². The number of nitrogens with zero attached hydrogens (tertiary/aromatic N) is 1. The van der Waals surface area contributed by atoms with Gasteiger partial charge in [-0.15, -0.1) is 0 Å². The molecule has 1 unspecified atom stereocenters. The number of rotatable bonds is 7. The SMILES string of the molecule is CCNC(=O)c1cc(NCCCC(C)N)ccn1. The molecule has 0 aliphatic carbocycles. The Kier molecular flexibility index (Phi) is 6.14. The van der Waals surface area contributed by atoms with Gasteiger partial charge in [0, 0.05) is 31.0 Å². The van der Waals surface area contributed by atoms with Crippen molar-refractivity contribution in [2.75, 3.05) is 18.4 Å². The number of carbonyl (C=O) groups excluding carboxylic acids is 1. The molecule has 0 radical (unpaired) electrons. The lowest BCUT2D eigenvalue weighted by Crippen LogP contribution is -2.23. The number of nitrogens with two attached hydrogens (primary N) is 1. The van der Waals surface area contributed by atoms with Crippen molar-refractivity contribution in [1.82, 2.24) is 10.3 Å². The van der Waals surface area contributed by atoms with Crippen molar-refractivity contribution in [1.29, 1.82) is 0 Å². The highest BCUT2D eigenvalue weighted by atomic mass is 16.1. The normalized spacial score (nSPS) is 11.9. The Bertz CT molecular complexity index is 379. The lowest BCUT2D eigenvalue weighted by Gasteiger charge is -2.09. The van der Waals surface area contributed by atoms with Gasteiger partial charge < -0.3 is 16.4 Å². The van der Waals surface area contributed by atoms with Crippen molar-refractivity contribution in [3.63, 3.8) is 0 Å². The molecule has 0 spiro atoms. The zero-order valence-corrected chi connectivity index (χ0v) is 11.1. The second-order valence-corrected chi connectivity index (χ2v) is 4.34. The predicted octanol–water partition coefficient (Wildman–Crippen LogP) is 1.37. The third kappa shape index (κ3) is 5.14. The van der Waals surface area contributed by atoms with E-state index in [1.54, 1.807) is 12.3 Å². The fourth-order valence-corrected chi connectivity index (χ4v) is 1.57. The quantitative estimate of drug-likeness (QED) is 0.638. The van der Waals surface area contributed by atoms with Crippen molar-refractivity contribution >= 4 is 11.6 Å². The van der Waals surface area contributed by atoms with Crippen LogP contribution in [0.1, 0.15) is 37.2 Å². The fourth-order valence-electron chi connectivity index (χ4n) is 1.57. The smallest absolute Gasteiger partial charge is 0.269 e. The molecular weight excluding hydrogens is 228 g/mol. The Morgan fingerprint density at radius 2 is 2.33 bits per heavy atom. The average Bonchev–Trinajstić information content (AvgIpc) is 2.35. The van der Waals surface area contributed by atoms with Crippen LogP contribution in [-0.4, -0.2) is 30.0 Å². The summed E-state index contributed by atoms with van der Waals surface area (Å²) < 4.78 is 0. The molecule has 5 heteroatoms. The largest absolute Gasteiger partial charge is 0.385 e. The summed E-state index contributed by atoms with van der Waals surface area (Å²) in [6.45, 7) is 5.33. The molecule has 0 bridgehead atoms. The van der Waals surface area contributed by atoms with E-state index in [0.29, 0.717) is 12.2 Å². The van der Waals surface area contributed by atoms with E-state index in [0.717, 1.165) is 25.1 Å². The zero-order valence-electron chi connectivity index (χ0n) is 11.1. The van der Waals surface area contributed by atoms with Gasteiger partial charge in [-0.3, -0.25) is 9.78 Å². The first kappa shape index (κ1) is 14.4. The van der Waals surface area contributed by atoms with Crippen LogP contribution in [0.3, 0.4) is 0 Å². The Morgan fingerprint density at radius 1 is 1.56 bits per heavy atom. The third-order valence-electron chi connectivity index (χ3n) is 2.50. The van der Waals surface area contributed by atoms with Crippen LogP contribution < -0.4 is 16.4 Å². The number of hydrogen-bond acceptors (Lipinski definition) is 4. The first-order valence-electron chi connectivity index (χ1n) is 6.37. The summed E-state index contributed by atoms with van der Waals surface area (Å²) in [5.41, 5.74) is 7.03. The first-order chi connectivity index (χ1) is 8.63. The monoisotopic (exact) mass is 250 g/mol. The minimum absolute atomic E-state index is 0.142. The first-order valence-corrected chi connectivity index (χ1v) is 6.37. The van der Waals surface area contributed by atoms with E-state index in [9.17, 15) is 4.79 Å². The van der Waals surface area contributed by atoms with Gasteiger partial charge in [-0.2, -0.15) is 0 Å². The molecule has 1 aromatic heterocycles. The Balaban J connectivity index is 2.46. The topological polar surface area (TPSA) is 80.0 Å².